The molecule has 0 aliphatic carbocycles. The zero-order valence-electron chi connectivity index (χ0n) is 12.0. The molecule has 2 rings (SSSR count). The minimum absolute atomic E-state index is 0.0217. The van der Waals surface area contributed by atoms with E-state index in [1.54, 1.807) is 0 Å². The van der Waals surface area contributed by atoms with Gasteiger partial charge >= 0.3 is 0 Å². The van der Waals surface area contributed by atoms with Gasteiger partial charge in [-0.15, -0.1) is 11.3 Å². The molecule has 8 heteroatoms. The van der Waals surface area contributed by atoms with Crippen molar-refractivity contribution in [2.75, 3.05) is 13.7 Å². The van der Waals surface area contributed by atoms with E-state index in [9.17, 15) is 13.5 Å². The molecule has 2 N–H and O–H groups in total. The molecule has 1 atom stereocenters. The number of sulfonamides is 1. The summed E-state index contributed by atoms with van der Waals surface area (Å²) >= 11 is 7.32. The number of ether oxygens (including phenoxy) is 1. The molecule has 0 unspecified atom stereocenters. The Kier molecular flexibility index (Phi) is 5.46. The molecule has 0 saturated carbocycles. The average Bonchev–Trinajstić information content (AvgIpc) is 2.91. The van der Waals surface area contributed by atoms with Crippen LogP contribution in [0.1, 0.15) is 16.5 Å². The largest absolute Gasteiger partial charge is 0.495 e. The topological polar surface area (TPSA) is 75.6 Å². The van der Waals surface area contributed by atoms with E-state index in [1.807, 2.05) is 18.4 Å². The molecular weight excluding hydrogens is 346 g/mol. The highest BCUT2D eigenvalue weighted by molar-refractivity contribution is 7.89. The number of aryl methyl sites for hydroxylation is 1. The predicted molar refractivity (Wildman–Crippen MR) is 87.2 cm³/mol. The zero-order chi connectivity index (χ0) is 16.3. The van der Waals surface area contributed by atoms with Crippen LogP contribution >= 0.6 is 22.9 Å². The van der Waals surface area contributed by atoms with Crippen molar-refractivity contribution in [1.82, 2.24) is 4.72 Å². The van der Waals surface area contributed by atoms with Crippen LogP contribution in [0.2, 0.25) is 5.02 Å². The molecule has 1 aromatic carbocycles. The Hall–Kier alpha value is -1.12. The van der Waals surface area contributed by atoms with Gasteiger partial charge in [0.05, 0.1) is 17.0 Å². The van der Waals surface area contributed by atoms with Gasteiger partial charge in [0.2, 0.25) is 10.0 Å². The maximum absolute atomic E-state index is 12.2. The number of methoxy groups -OCH3 is 1. The fraction of sp³-hybridized carbons (Fsp3) is 0.286. The average molecular weight is 362 g/mol. The standard InChI is InChI=1S/C14H16ClNO4S2/c1-9-5-6-21-14(9)12(17)8-16-22(18,19)10-3-4-13(20-2)11(15)7-10/h3-7,12,16-17H,8H2,1-2H3/t12-/m0/s1. The first kappa shape index (κ1) is 17.2. The second kappa shape index (κ2) is 6.97. The van der Waals surface area contributed by atoms with E-state index < -0.39 is 16.1 Å². The Morgan fingerprint density at radius 1 is 1.41 bits per heavy atom. The van der Waals surface area contributed by atoms with Crippen LogP contribution in [0.15, 0.2) is 34.5 Å². The van der Waals surface area contributed by atoms with Gasteiger partial charge in [-0.1, -0.05) is 11.6 Å². The molecule has 120 valence electrons. The Morgan fingerprint density at radius 2 is 2.14 bits per heavy atom. The second-order valence-corrected chi connectivity index (χ2v) is 7.75. The lowest BCUT2D eigenvalue weighted by Crippen LogP contribution is -2.28. The van der Waals surface area contributed by atoms with E-state index in [-0.39, 0.29) is 16.5 Å². The molecule has 0 saturated heterocycles. The number of aliphatic hydroxyl groups excluding tert-OH is 1. The fourth-order valence-electron chi connectivity index (χ4n) is 1.90. The van der Waals surface area contributed by atoms with Crippen LogP contribution in [0.3, 0.4) is 0 Å². The van der Waals surface area contributed by atoms with E-state index in [4.69, 9.17) is 16.3 Å². The third kappa shape index (κ3) is 3.80. The lowest BCUT2D eigenvalue weighted by molar-refractivity contribution is 0.185. The summed E-state index contributed by atoms with van der Waals surface area (Å²) in [6.45, 7) is 1.76. The minimum atomic E-state index is -3.75. The summed E-state index contributed by atoms with van der Waals surface area (Å²) in [4.78, 5) is 0.767. The molecule has 0 aliphatic heterocycles. The third-order valence-electron chi connectivity index (χ3n) is 3.10. The van der Waals surface area contributed by atoms with Crippen LogP contribution < -0.4 is 9.46 Å². The number of aliphatic hydroxyl groups is 1. The fourth-order valence-corrected chi connectivity index (χ4v) is 4.20. The molecule has 0 radical (unpaired) electrons. The lowest BCUT2D eigenvalue weighted by atomic mass is 10.2. The quantitative estimate of drug-likeness (QED) is 0.829. The molecule has 0 spiro atoms. The Labute approximate surface area is 138 Å². The number of nitrogens with one attached hydrogen (secondary N) is 1. The SMILES string of the molecule is COc1ccc(S(=O)(=O)NC[C@H](O)c2sccc2C)cc1Cl. The number of halogens is 1. The first-order valence-electron chi connectivity index (χ1n) is 6.40. The Morgan fingerprint density at radius 3 is 2.68 bits per heavy atom. The molecule has 1 aromatic heterocycles. The van der Waals surface area contributed by atoms with E-state index in [2.05, 4.69) is 4.72 Å². The summed E-state index contributed by atoms with van der Waals surface area (Å²) in [5.41, 5.74) is 0.934. The van der Waals surface area contributed by atoms with Crippen molar-refractivity contribution in [3.8, 4) is 5.75 Å². The van der Waals surface area contributed by atoms with Crippen LogP contribution in [-0.2, 0) is 10.0 Å². The number of hydrogen-bond donors (Lipinski definition) is 2. The predicted octanol–water partition coefficient (Wildman–Crippen LogP) is 2.73. The van der Waals surface area contributed by atoms with E-state index in [0.29, 0.717) is 5.75 Å². The third-order valence-corrected chi connectivity index (χ3v) is 5.94. The number of rotatable bonds is 6. The van der Waals surface area contributed by atoms with Crippen LogP contribution in [0.4, 0.5) is 0 Å². The molecule has 0 fully saturated rings. The Balaban J connectivity index is 2.11. The van der Waals surface area contributed by atoms with Gasteiger partial charge in [0, 0.05) is 11.4 Å². The van der Waals surface area contributed by atoms with Crippen molar-refractivity contribution >= 4 is 33.0 Å². The summed E-state index contributed by atoms with van der Waals surface area (Å²) in [6, 6.07) is 6.07. The molecule has 0 amide bonds. The van der Waals surface area contributed by atoms with Crippen molar-refractivity contribution in [2.45, 2.75) is 17.9 Å². The summed E-state index contributed by atoms with van der Waals surface area (Å²) in [6.07, 6.45) is -0.886. The maximum atomic E-state index is 12.2. The van der Waals surface area contributed by atoms with Crippen molar-refractivity contribution in [1.29, 1.82) is 0 Å². The number of benzene rings is 1. The first-order chi connectivity index (χ1) is 10.3. The molecule has 5 nitrogen and oxygen atoms in total. The number of thiophene rings is 1. The van der Waals surface area contributed by atoms with Crippen LogP contribution in [-0.4, -0.2) is 27.2 Å². The van der Waals surface area contributed by atoms with Crippen molar-refractivity contribution < 1.29 is 18.3 Å². The van der Waals surface area contributed by atoms with Gasteiger partial charge in [0.25, 0.3) is 0 Å². The van der Waals surface area contributed by atoms with Gasteiger partial charge in [0.1, 0.15) is 11.9 Å². The highest BCUT2D eigenvalue weighted by Gasteiger charge is 2.19. The first-order valence-corrected chi connectivity index (χ1v) is 9.14. The van der Waals surface area contributed by atoms with Gasteiger partial charge in [-0.25, -0.2) is 13.1 Å². The van der Waals surface area contributed by atoms with Gasteiger partial charge in [-0.2, -0.15) is 0 Å². The normalized spacial score (nSPS) is 13.1. The zero-order valence-corrected chi connectivity index (χ0v) is 14.4. The summed E-state index contributed by atoms with van der Waals surface area (Å²) in [5, 5.41) is 12.1. The van der Waals surface area contributed by atoms with Crippen LogP contribution in [0.5, 0.6) is 5.75 Å². The summed E-state index contributed by atoms with van der Waals surface area (Å²) < 4.78 is 31.8. The molecule has 0 aliphatic rings. The molecule has 22 heavy (non-hydrogen) atoms. The van der Waals surface area contributed by atoms with Crippen molar-refractivity contribution in [3.05, 3.63) is 45.1 Å². The van der Waals surface area contributed by atoms with Crippen LogP contribution in [0, 0.1) is 6.92 Å². The van der Waals surface area contributed by atoms with Gasteiger partial charge in [-0.3, -0.25) is 0 Å². The molecule has 1 heterocycles. The Bertz CT molecular complexity index is 758. The van der Waals surface area contributed by atoms with Crippen molar-refractivity contribution in [3.63, 3.8) is 0 Å². The molecule has 2 aromatic rings. The highest BCUT2D eigenvalue weighted by Crippen LogP contribution is 2.27. The lowest BCUT2D eigenvalue weighted by Gasteiger charge is -2.13. The smallest absolute Gasteiger partial charge is 0.240 e. The van der Waals surface area contributed by atoms with Crippen LogP contribution in [0.25, 0.3) is 0 Å². The molecule has 0 bridgehead atoms. The van der Waals surface area contributed by atoms with E-state index >= 15 is 0 Å². The number of hydrogen-bond acceptors (Lipinski definition) is 5. The summed E-state index contributed by atoms with van der Waals surface area (Å²) in [7, 11) is -2.30. The van der Waals surface area contributed by atoms with Crippen molar-refractivity contribution in [2.24, 2.45) is 0 Å². The van der Waals surface area contributed by atoms with E-state index in [0.717, 1.165) is 10.4 Å². The van der Waals surface area contributed by atoms with Gasteiger partial charge in [-0.05, 0) is 42.1 Å². The molecular formula is C14H16ClNO4S2. The van der Waals surface area contributed by atoms with E-state index in [1.165, 1.54) is 36.6 Å². The van der Waals surface area contributed by atoms with Gasteiger partial charge < -0.3 is 9.84 Å². The van der Waals surface area contributed by atoms with Gasteiger partial charge in [0.15, 0.2) is 0 Å². The second-order valence-electron chi connectivity index (χ2n) is 4.63. The monoisotopic (exact) mass is 361 g/mol. The maximum Gasteiger partial charge on any atom is 0.240 e. The highest BCUT2D eigenvalue weighted by atomic mass is 35.5. The summed E-state index contributed by atoms with van der Waals surface area (Å²) in [5.74, 6) is 0.398. The minimum Gasteiger partial charge on any atom is -0.495 e.